The number of benzene rings is 2. The Balaban J connectivity index is 1.97. The number of nitrogens with zero attached hydrogens (tertiary/aromatic N) is 1. The first-order valence-corrected chi connectivity index (χ1v) is 8.86. The lowest BCUT2D eigenvalue weighted by Gasteiger charge is -2.15. The summed E-state index contributed by atoms with van der Waals surface area (Å²) >= 11 is 0. The summed E-state index contributed by atoms with van der Waals surface area (Å²) in [5.74, 6) is 0.597. The summed E-state index contributed by atoms with van der Waals surface area (Å²) in [7, 11) is -4.14. The summed E-state index contributed by atoms with van der Waals surface area (Å²) in [6.45, 7) is 1.78. The lowest BCUT2D eigenvalue weighted by Crippen LogP contribution is -2.16. The van der Waals surface area contributed by atoms with Gasteiger partial charge in [0.15, 0.2) is 0 Å². The molecule has 3 N–H and O–H groups in total. The molecule has 0 radical (unpaired) electrons. The van der Waals surface area contributed by atoms with Gasteiger partial charge in [0.25, 0.3) is 5.69 Å². The fourth-order valence-electron chi connectivity index (χ4n) is 2.50. The number of primary sulfonamides is 1. The standard InChI is InChI=1S/C16H15N3O5S/c1-10(15-8-11-4-2-3-5-14(11)24-15)18-13-7-6-12(19(20)21)9-16(13)25(17,22)23/h2-10,18H,1H3,(H2,17,22,23). The van der Waals surface area contributed by atoms with Gasteiger partial charge >= 0.3 is 0 Å². The third-order valence-electron chi connectivity index (χ3n) is 3.73. The summed E-state index contributed by atoms with van der Waals surface area (Å²) in [6, 6.07) is 12.4. The van der Waals surface area contributed by atoms with Crippen LogP contribution in [-0.2, 0) is 10.0 Å². The summed E-state index contributed by atoms with van der Waals surface area (Å²) in [4.78, 5) is 9.85. The molecular weight excluding hydrogens is 346 g/mol. The number of furan rings is 1. The van der Waals surface area contributed by atoms with Gasteiger partial charge in [-0.25, -0.2) is 13.6 Å². The number of nitro groups is 1. The molecule has 1 heterocycles. The van der Waals surface area contributed by atoms with Crippen molar-refractivity contribution in [1.82, 2.24) is 0 Å². The van der Waals surface area contributed by atoms with E-state index in [1.165, 1.54) is 12.1 Å². The number of non-ortho nitro benzene ring substituents is 1. The van der Waals surface area contributed by atoms with Crippen LogP contribution in [0.3, 0.4) is 0 Å². The lowest BCUT2D eigenvalue weighted by molar-refractivity contribution is -0.385. The van der Waals surface area contributed by atoms with Gasteiger partial charge in [-0.05, 0) is 25.1 Å². The van der Waals surface area contributed by atoms with E-state index in [0.717, 1.165) is 11.5 Å². The monoisotopic (exact) mass is 361 g/mol. The Morgan fingerprint density at radius 2 is 1.92 bits per heavy atom. The van der Waals surface area contributed by atoms with E-state index in [9.17, 15) is 18.5 Å². The van der Waals surface area contributed by atoms with E-state index in [1.807, 2.05) is 30.3 Å². The van der Waals surface area contributed by atoms with E-state index in [0.29, 0.717) is 11.3 Å². The second-order valence-electron chi connectivity index (χ2n) is 5.54. The van der Waals surface area contributed by atoms with E-state index in [4.69, 9.17) is 9.56 Å². The van der Waals surface area contributed by atoms with Crippen molar-refractivity contribution in [3.05, 3.63) is 64.4 Å². The van der Waals surface area contributed by atoms with Crippen LogP contribution in [0.1, 0.15) is 18.7 Å². The number of nitrogens with one attached hydrogen (secondary N) is 1. The average Bonchev–Trinajstić information content (AvgIpc) is 2.98. The number of fused-ring (bicyclic) bond motifs is 1. The van der Waals surface area contributed by atoms with Gasteiger partial charge in [0, 0.05) is 17.5 Å². The van der Waals surface area contributed by atoms with Crippen molar-refractivity contribution in [3.63, 3.8) is 0 Å². The molecule has 0 amide bonds. The molecular formula is C16H15N3O5S. The van der Waals surface area contributed by atoms with E-state index >= 15 is 0 Å². The van der Waals surface area contributed by atoms with Gasteiger partial charge in [-0.1, -0.05) is 18.2 Å². The van der Waals surface area contributed by atoms with Crippen LogP contribution in [0.25, 0.3) is 11.0 Å². The lowest BCUT2D eigenvalue weighted by atomic mass is 10.2. The summed E-state index contributed by atoms with van der Waals surface area (Å²) < 4.78 is 29.3. The Morgan fingerprint density at radius 3 is 2.56 bits per heavy atom. The molecule has 9 heteroatoms. The quantitative estimate of drug-likeness (QED) is 0.530. The zero-order valence-corrected chi connectivity index (χ0v) is 14.0. The van der Waals surface area contributed by atoms with Gasteiger partial charge in [0.05, 0.1) is 16.7 Å². The molecule has 8 nitrogen and oxygen atoms in total. The van der Waals surface area contributed by atoms with Crippen LogP contribution in [0.4, 0.5) is 11.4 Å². The van der Waals surface area contributed by atoms with E-state index < -0.39 is 14.9 Å². The van der Waals surface area contributed by atoms with Crippen LogP contribution < -0.4 is 10.5 Å². The summed E-state index contributed by atoms with van der Waals surface area (Å²) in [5.41, 5.74) is 0.522. The molecule has 1 unspecified atom stereocenters. The minimum absolute atomic E-state index is 0.168. The van der Waals surface area contributed by atoms with Crippen LogP contribution in [0, 0.1) is 10.1 Å². The van der Waals surface area contributed by atoms with Crippen molar-refractivity contribution >= 4 is 32.4 Å². The first-order chi connectivity index (χ1) is 11.8. The highest BCUT2D eigenvalue weighted by molar-refractivity contribution is 7.89. The highest BCUT2D eigenvalue weighted by Crippen LogP contribution is 2.30. The predicted molar refractivity (Wildman–Crippen MR) is 92.7 cm³/mol. The maximum Gasteiger partial charge on any atom is 0.270 e. The molecule has 0 bridgehead atoms. The fraction of sp³-hybridized carbons (Fsp3) is 0.125. The molecule has 25 heavy (non-hydrogen) atoms. The Morgan fingerprint density at radius 1 is 1.20 bits per heavy atom. The first kappa shape index (κ1) is 16.9. The molecule has 3 rings (SSSR count). The normalized spacial score (nSPS) is 12.9. The van der Waals surface area contributed by atoms with Crippen LogP contribution in [0.5, 0.6) is 0 Å². The first-order valence-electron chi connectivity index (χ1n) is 7.32. The van der Waals surface area contributed by atoms with Gasteiger partial charge in [0.1, 0.15) is 16.2 Å². The fourth-order valence-corrected chi connectivity index (χ4v) is 3.22. The highest BCUT2D eigenvalue weighted by atomic mass is 32.2. The largest absolute Gasteiger partial charge is 0.459 e. The molecule has 0 aliphatic heterocycles. The van der Waals surface area contributed by atoms with Crippen molar-refractivity contribution < 1.29 is 17.8 Å². The van der Waals surface area contributed by atoms with Gasteiger partial charge in [-0.3, -0.25) is 10.1 Å². The second-order valence-corrected chi connectivity index (χ2v) is 7.07. The van der Waals surface area contributed by atoms with Crippen LogP contribution in [0.2, 0.25) is 0 Å². The smallest absolute Gasteiger partial charge is 0.270 e. The van der Waals surface area contributed by atoms with E-state index in [2.05, 4.69) is 5.32 Å². The van der Waals surface area contributed by atoms with Gasteiger partial charge < -0.3 is 9.73 Å². The number of nitro benzene ring substituents is 1. The minimum atomic E-state index is -4.14. The topological polar surface area (TPSA) is 128 Å². The van der Waals surface area contributed by atoms with Crippen molar-refractivity contribution in [2.75, 3.05) is 5.32 Å². The third kappa shape index (κ3) is 3.47. The molecule has 0 saturated heterocycles. The van der Waals surface area contributed by atoms with Crippen LogP contribution >= 0.6 is 0 Å². The maximum absolute atomic E-state index is 11.8. The second kappa shape index (κ2) is 6.19. The van der Waals surface area contributed by atoms with E-state index in [1.54, 1.807) is 6.92 Å². The number of nitrogens with two attached hydrogens (primary N) is 1. The number of rotatable bonds is 5. The molecule has 0 aliphatic rings. The van der Waals surface area contributed by atoms with E-state index in [-0.39, 0.29) is 22.3 Å². The molecule has 2 aromatic carbocycles. The molecule has 1 aromatic heterocycles. The van der Waals surface area contributed by atoms with Gasteiger partial charge in [-0.2, -0.15) is 0 Å². The Labute approximate surface area is 143 Å². The number of hydrogen-bond acceptors (Lipinski definition) is 6. The van der Waals surface area contributed by atoms with Crippen molar-refractivity contribution in [2.45, 2.75) is 17.9 Å². The molecule has 3 aromatic rings. The van der Waals surface area contributed by atoms with Crippen molar-refractivity contribution in [2.24, 2.45) is 5.14 Å². The Hall–Kier alpha value is -2.91. The molecule has 1 atom stereocenters. The molecule has 130 valence electrons. The maximum atomic E-state index is 11.8. The SMILES string of the molecule is CC(Nc1ccc([N+](=O)[O-])cc1S(N)(=O)=O)c1cc2ccccc2o1. The third-order valence-corrected chi connectivity index (χ3v) is 4.68. The highest BCUT2D eigenvalue weighted by Gasteiger charge is 2.21. The number of sulfonamides is 1. The number of para-hydroxylation sites is 1. The number of anilines is 1. The zero-order chi connectivity index (χ0) is 18.2. The predicted octanol–water partition coefficient (Wildman–Crippen LogP) is 3.16. The summed E-state index contributed by atoms with van der Waals surface area (Å²) in [6.07, 6.45) is 0. The number of hydrogen-bond donors (Lipinski definition) is 2. The van der Waals surface area contributed by atoms with Gasteiger partial charge in [0.2, 0.25) is 10.0 Å². The van der Waals surface area contributed by atoms with Crippen molar-refractivity contribution in [3.8, 4) is 0 Å². The summed E-state index contributed by atoms with van der Waals surface area (Å²) in [5, 5.41) is 20.0. The molecule has 0 saturated carbocycles. The van der Waals surface area contributed by atoms with Crippen LogP contribution in [-0.4, -0.2) is 13.3 Å². The molecule has 0 aliphatic carbocycles. The Kier molecular flexibility index (Phi) is 4.19. The Bertz CT molecular complexity index is 1030. The zero-order valence-electron chi connectivity index (χ0n) is 13.2. The molecule has 0 fully saturated rings. The molecule has 0 spiro atoms. The van der Waals surface area contributed by atoms with Gasteiger partial charge in [-0.15, -0.1) is 0 Å². The van der Waals surface area contributed by atoms with Crippen LogP contribution in [0.15, 0.2) is 57.8 Å². The minimum Gasteiger partial charge on any atom is -0.459 e. The average molecular weight is 361 g/mol. The van der Waals surface area contributed by atoms with Crippen molar-refractivity contribution in [1.29, 1.82) is 0 Å².